The quantitative estimate of drug-likeness (QED) is 0.446. The summed E-state index contributed by atoms with van der Waals surface area (Å²) < 4.78 is 5.80. The second-order valence-electron chi connectivity index (χ2n) is 10.1. The fourth-order valence-corrected chi connectivity index (χ4v) is 6.83. The molecule has 0 saturated heterocycles. The highest BCUT2D eigenvalue weighted by Gasteiger charge is 2.52. The molecule has 0 aromatic heterocycles. The third kappa shape index (κ3) is 5.17. The summed E-state index contributed by atoms with van der Waals surface area (Å²) in [5, 5.41) is 22.0. The zero-order chi connectivity index (χ0) is 21.0. The van der Waals surface area contributed by atoms with E-state index in [1.165, 1.54) is 38.5 Å². The molecule has 4 bridgehead atoms. The number of carboxylic acids is 1. The lowest BCUT2D eigenvalue weighted by Crippen LogP contribution is -2.47. The van der Waals surface area contributed by atoms with E-state index in [1.807, 2.05) is 24.3 Å². The van der Waals surface area contributed by atoms with Crippen molar-refractivity contribution in [3.63, 3.8) is 0 Å². The second kappa shape index (κ2) is 9.69. The van der Waals surface area contributed by atoms with Crippen molar-refractivity contribution in [2.24, 2.45) is 23.2 Å². The van der Waals surface area contributed by atoms with Crippen LogP contribution in [0.25, 0.3) is 0 Å². The Morgan fingerprint density at radius 1 is 1.03 bits per heavy atom. The Bertz CT molecular complexity index is 666. The van der Waals surface area contributed by atoms with Crippen LogP contribution in [0.4, 0.5) is 0 Å². The smallest absolute Gasteiger partial charge is 0.310 e. The number of carbonyl (C=O) groups is 1. The minimum absolute atomic E-state index is 0.218. The normalized spacial score (nSPS) is 30.4. The highest BCUT2D eigenvalue weighted by molar-refractivity contribution is 5.76. The van der Waals surface area contributed by atoms with Crippen LogP contribution in [0, 0.1) is 23.2 Å². The van der Waals surface area contributed by atoms with Crippen molar-refractivity contribution < 1.29 is 19.7 Å². The van der Waals surface area contributed by atoms with Gasteiger partial charge in [-0.3, -0.25) is 4.79 Å². The molecular formula is C25H37NO4. The molecule has 0 radical (unpaired) electrons. The predicted octanol–water partition coefficient (Wildman–Crippen LogP) is 4.20. The van der Waals surface area contributed by atoms with Crippen molar-refractivity contribution >= 4 is 5.97 Å². The molecule has 5 heteroatoms. The van der Waals surface area contributed by atoms with Gasteiger partial charge in [0.05, 0.1) is 12.5 Å². The zero-order valence-corrected chi connectivity index (χ0v) is 18.0. The maximum Gasteiger partial charge on any atom is 0.310 e. The minimum Gasteiger partial charge on any atom is -0.494 e. The number of rotatable bonds is 12. The Labute approximate surface area is 180 Å². The second-order valence-corrected chi connectivity index (χ2v) is 10.1. The number of hydrogen-bond donors (Lipinski definition) is 3. The van der Waals surface area contributed by atoms with Gasteiger partial charge in [0.15, 0.2) is 0 Å². The summed E-state index contributed by atoms with van der Waals surface area (Å²) in [6.07, 6.45) is 10.4. The topological polar surface area (TPSA) is 78.8 Å². The van der Waals surface area contributed by atoms with Gasteiger partial charge in [0, 0.05) is 6.61 Å². The van der Waals surface area contributed by atoms with Crippen molar-refractivity contribution in [2.45, 2.75) is 63.7 Å². The van der Waals surface area contributed by atoms with Crippen LogP contribution in [0.15, 0.2) is 24.3 Å². The van der Waals surface area contributed by atoms with Crippen molar-refractivity contribution in [3.05, 3.63) is 29.8 Å². The van der Waals surface area contributed by atoms with Gasteiger partial charge in [-0.25, -0.2) is 0 Å². The Morgan fingerprint density at radius 3 is 2.20 bits per heavy atom. The molecule has 166 valence electrons. The summed E-state index contributed by atoms with van der Waals surface area (Å²) in [5.41, 5.74) is 1.17. The van der Waals surface area contributed by atoms with E-state index >= 15 is 0 Å². The van der Waals surface area contributed by atoms with E-state index in [9.17, 15) is 9.90 Å². The van der Waals surface area contributed by atoms with E-state index in [0.717, 1.165) is 61.4 Å². The molecule has 4 fully saturated rings. The Kier molecular flexibility index (Phi) is 6.99. The van der Waals surface area contributed by atoms with Crippen molar-refractivity contribution in [3.8, 4) is 5.75 Å². The Balaban J connectivity index is 1.31. The third-order valence-corrected chi connectivity index (χ3v) is 7.66. The molecule has 0 amide bonds. The van der Waals surface area contributed by atoms with E-state index in [4.69, 9.17) is 9.84 Å². The van der Waals surface area contributed by atoms with E-state index < -0.39 is 11.9 Å². The Morgan fingerprint density at radius 2 is 1.63 bits per heavy atom. The van der Waals surface area contributed by atoms with Crippen LogP contribution in [0.3, 0.4) is 0 Å². The maximum absolute atomic E-state index is 12.2. The van der Waals surface area contributed by atoms with Gasteiger partial charge in [-0.15, -0.1) is 0 Å². The largest absolute Gasteiger partial charge is 0.494 e. The van der Waals surface area contributed by atoms with Gasteiger partial charge in [-0.05, 0) is 112 Å². The molecule has 4 saturated carbocycles. The number of aliphatic hydroxyl groups excluding tert-OH is 1. The van der Waals surface area contributed by atoms with Crippen molar-refractivity contribution in [2.75, 3.05) is 26.3 Å². The number of benzene rings is 1. The molecule has 0 aliphatic heterocycles. The number of ether oxygens (including phenoxy) is 1. The van der Waals surface area contributed by atoms with Crippen LogP contribution in [0.5, 0.6) is 5.75 Å². The molecule has 4 aliphatic rings. The lowest BCUT2D eigenvalue weighted by atomic mass is 9.48. The van der Waals surface area contributed by atoms with Gasteiger partial charge in [-0.1, -0.05) is 12.1 Å². The van der Waals surface area contributed by atoms with Crippen LogP contribution >= 0.6 is 0 Å². The van der Waals surface area contributed by atoms with Crippen molar-refractivity contribution in [1.29, 1.82) is 0 Å². The van der Waals surface area contributed by atoms with Crippen molar-refractivity contribution in [1.82, 2.24) is 5.32 Å². The molecule has 1 aromatic rings. The van der Waals surface area contributed by atoms with Gasteiger partial charge < -0.3 is 20.3 Å². The van der Waals surface area contributed by atoms with Gasteiger partial charge >= 0.3 is 5.97 Å². The molecule has 1 unspecified atom stereocenters. The number of hydrogen-bond acceptors (Lipinski definition) is 4. The number of carboxylic acid groups (broad SMARTS) is 1. The number of aliphatic carboxylic acids is 1. The Hall–Kier alpha value is -1.59. The summed E-state index contributed by atoms with van der Waals surface area (Å²) >= 11 is 0. The summed E-state index contributed by atoms with van der Waals surface area (Å²) in [7, 11) is 0. The molecule has 5 rings (SSSR count). The molecular weight excluding hydrogens is 378 g/mol. The predicted molar refractivity (Wildman–Crippen MR) is 117 cm³/mol. The minimum atomic E-state index is -0.687. The average Bonchev–Trinajstić information content (AvgIpc) is 2.71. The summed E-state index contributed by atoms with van der Waals surface area (Å²) in [4.78, 5) is 12.2. The maximum atomic E-state index is 12.2. The van der Waals surface area contributed by atoms with Crippen LogP contribution in [-0.4, -0.2) is 42.5 Å². The zero-order valence-electron chi connectivity index (χ0n) is 18.0. The monoisotopic (exact) mass is 415 g/mol. The molecule has 30 heavy (non-hydrogen) atoms. The first-order valence-electron chi connectivity index (χ1n) is 11.8. The lowest BCUT2D eigenvalue weighted by Gasteiger charge is -2.57. The fourth-order valence-electron chi connectivity index (χ4n) is 6.83. The summed E-state index contributed by atoms with van der Waals surface area (Å²) in [5.74, 6) is 2.24. The average molecular weight is 416 g/mol. The molecule has 1 atom stereocenters. The van der Waals surface area contributed by atoms with Crippen LogP contribution in [0.2, 0.25) is 0 Å². The molecule has 0 spiro atoms. The number of nitrogens with one attached hydrogen (secondary N) is 1. The van der Waals surface area contributed by atoms with Gasteiger partial charge in [0.2, 0.25) is 0 Å². The first kappa shape index (κ1) is 21.6. The summed E-state index contributed by atoms with van der Waals surface area (Å²) in [6.45, 7) is 2.53. The summed E-state index contributed by atoms with van der Waals surface area (Å²) in [6, 6.07) is 7.75. The van der Waals surface area contributed by atoms with E-state index in [2.05, 4.69) is 5.32 Å². The first-order chi connectivity index (χ1) is 14.6. The first-order valence-corrected chi connectivity index (χ1v) is 11.8. The highest BCUT2D eigenvalue weighted by Crippen LogP contribution is 2.62. The molecule has 3 N–H and O–H groups in total. The molecule has 1 aromatic carbocycles. The van der Waals surface area contributed by atoms with Gasteiger partial charge in [0.1, 0.15) is 5.75 Å². The molecule has 5 nitrogen and oxygen atoms in total. The fraction of sp³-hybridized carbons (Fsp3) is 0.720. The van der Waals surface area contributed by atoms with Crippen LogP contribution in [0.1, 0.15) is 69.3 Å². The third-order valence-electron chi connectivity index (χ3n) is 7.66. The SMILES string of the molecule is O=C(O)C(CC12CC3CC(CC(C3)C1)C2)c1ccc(OCCCNCCCO)cc1. The van der Waals surface area contributed by atoms with Gasteiger partial charge in [0.25, 0.3) is 0 Å². The van der Waals surface area contributed by atoms with Crippen LogP contribution in [-0.2, 0) is 4.79 Å². The lowest BCUT2D eigenvalue weighted by molar-refractivity contribution is -0.141. The van der Waals surface area contributed by atoms with E-state index in [-0.39, 0.29) is 12.0 Å². The van der Waals surface area contributed by atoms with E-state index in [0.29, 0.717) is 6.61 Å². The molecule has 0 heterocycles. The van der Waals surface area contributed by atoms with Gasteiger partial charge in [-0.2, -0.15) is 0 Å². The standard InChI is InChI=1S/C25H37NO4/c27-9-1-7-26-8-2-10-30-22-5-3-21(4-6-22)23(24(28)29)17-25-14-18-11-19(15-25)13-20(12-18)16-25/h3-6,18-20,23,26-27H,1-2,7-17H2,(H,28,29). The van der Waals surface area contributed by atoms with Crippen LogP contribution < -0.4 is 10.1 Å². The molecule has 4 aliphatic carbocycles. The number of aliphatic hydroxyl groups is 1. The van der Waals surface area contributed by atoms with E-state index in [1.54, 1.807) is 0 Å². The highest BCUT2D eigenvalue weighted by atomic mass is 16.5.